The van der Waals surface area contributed by atoms with Crippen LogP contribution in [-0.4, -0.2) is 37.4 Å². The maximum absolute atomic E-state index is 14.0. The van der Waals surface area contributed by atoms with Crippen molar-refractivity contribution >= 4 is 22.9 Å². The summed E-state index contributed by atoms with van der Waals surface area (Å²) in [6.45, 7) is 0. The van der Waals surface area contributed by atoms with Gasteiger partial charge in [-0.25, -0.2) is 19.3 Å². The standard InChI is InChI=1S/C16H13F4N7O/c1-27-7-22-11-10(6-8-4-2-3-5-9(8)17)23-13(24-14(11)27)12(21)25-26-15(28)16(18,19)20/h2-5,7H,6H2,1H3,(H2,21,25)(H,26,28). The second kappa shape index (κ2) is 7.21. The third-order valence-corrected chi connectivity index (χ3v) is 3.73. The molecule has 3 rings (SSSR count). The van der Waals surface area contributed by atoms with Crippen LogP contribution in [0.2, 0.25) is 0 Å². The molecule has 12 heteroatoms. The van der Waals surface area contributed by atoms with Crippen LogP contribution < -0.4 is 10.9 Å². The summed E-state index contributed by atoms with van der Waals surface area (Å²) in [4.78, 5) is 23.2. The number of halogens is 4. The summed E-state index contributed by atoms with van der Waals surface area (Å²) in [5, 5.41) is 7.82. The minimum absolute atomic E-state index is 0.0257. The van der Waals surface area contributed by atoms with Crippen LogP contribution in [0.1, 0.15) is 17.1 Å². The van der Waals surface area contributed by atoms with Gasteiger partial charge in [-0.2, -0.15) is 13.2 Å². The van der Waals surface area contributed by atoms with Gasteiger partial charge in [0.25, 0.3) is 0 Å². The number of alkyl halides is 3. The minimum atomic E-state index is -5.11. The molecule has 3 N–H and O–H groups in total. The SMILES string of the molecule is Cn1cnc2c(Cc3ccccc3F)nc(C(=N)NNC(=O)C(F)(F)F)nc21. The number of hydrogen-bond acceptors (Lipinski definition) is 5. The Labute approximate surface area is 155 Å². The molecule has 0 unspecified atom stereocenters. The van der Waals surface area contributed by atoms with Crippen molar-refractivity contribution in [2.75, 3.05) is 0 Å². The molecule has 1 amide bonds. The molecular formula is C16H13F4N7O. The first kappa shape index (κ1) is 19.2. The summed E-state index contributed by atoms with van der Waals surface area (Å²) in [7, 11) is 1.63. The fourth-order valence-corrected chi connectivity index (χ4v) is 2.37. The van der Waals surface area contributed by atoms with Crippen molar-refractivity contribution in [3.05, 3.63) is 53.5 Å². The smallest absolute Gasteiger partial charge is 0.318 e. The first-order valence-electron chi connectivity index (χ1n) is 7.80. The molecule has 8 nitrogen and oxygen atoms in total. The van der Waals surface area contributed by atoms with Gasteiger partial charge in [-0.3, -0.25) is 21.1 Å². The molecule has 2 aromatic heterocycles. The quantitative estimate of drug-likeness (QED) is 0.270. The number of carbonyl (C=O) groups is 1. The van der Waals surface area contributed by atoms with E-state index in [0.29, 0.717) is 16.7 Å². The van der Waals surface area contributed by atoms with Gasteiger partial charge in [-0.1, -0.05) is 18.2 Å². The highest BCUT2D eigenvalue weighted by atomic mass is 19.4. The molecule has 28 heavy (non-hydrogen) atoms. The second-order valence-corrected chi connectivity index (χ2v) is 5.74. The topological polar surface area (TPSA) is 109 Å². The molecular weight excluding hydrogens is 382 g/mol. The number of nitrogens with zero attached hydrogens (tertiary/aromatic N) is 4. The summed E-state index contributed by atoms with van der Waals surface area (Å²) in [5.74, 6) is -3.69. The molecule has 0 aliphatic rings. The lowest BCUT2D eigenvalue weighted by Crippen LogP contribution is -2.48. The van der Waals surface area contributed by atoms with Gasteiger partial charge in [0.15, 0.2) is 17.3 Å². The largest absolute Gasteiger partial charge is 0.472 e. The number of aryl methyl sites for hydroxylation is 1. The molecule has 3 aromatic rings. The number of amidine groups is 1. The summed E-state index contributed by atoms with van der Waals surface area (Å²) in [6, 6.07) is 6.01. The number of rotatable bonds is 3. The van der Waals surface area contributed by atoms with Crippen LogP contribution >= 0.6 is 0 Å². The van der Waals surface area contributed by atoms with Gasteiger partial charge in [0, 0.05) is 13.5 Å². The Morgan fingerprint density at radius 1 is 1.21 bits per heavy atom. The fraction of sp³-hybridized carbons (Fsp3) is 0.188. The van der Waals surface area contributed by atoms with E-state index in [4.69, 9.17) is 5.41 Å². The van der Waals surface area contributed by atoms with Gasteiger partial charge >= 0.3 is 12.1 Å². The van der Waals surface area contributed by atoms with Crippen molar-refractivity contribution in [3.8, 4) is 0 Å². The van der Waals surface area contributed by atoms with Gasteiger partial charge in [-0.15, -0.1) is 0 Å². The maximum atomic E-state index is 14.0. The molecule has 146 valence electrons. The number of amides is 1. The predicted octanol–water partition coefficient (Wildman–Crippen LogP) is 1.60. The lowest BCUT2D eigenvalue weighted by Gasteiger charge is -2.11. The Hall–Kier alpha value is -3.57. The molecule has 0 radical (unpaired) electrons. The molecule has 0 saturated heterocycles. The van der Waals surface area contributed by atoms with Gasteiger partial charge in [-0.05, 0) is 11.6 Å². The number of benzene rings is 1. The molecule has 0 bridgehead atoms. The Balaban J connectivity index is 1.93. The van der Waals surface area contributed by atoms with E-state index in [2.05, 4.69) is 15.0 Å². The summed E-state index contributed by atoms with van der Waals surface area (Å²) in [6.07, 6.45) is -3.65. The van der Waals surface area contributed by atoms with Crippen molar-refractivity contribution in [2.24, 2.45) is 7.05 Å². The zero-order chi connectivity index (χ0) is 20.5. The van der Waals surface area contributed by atoms with Gasteiger partial charge in [0.1, 0.15) is 11.3 Å². The first-order valence-corrected chi connectivity index (χ1v) is 7.80. The van der Waals surface area contributed by atoms with Gasteiger partial charge in [0.2, 0.25) is 0 Å². The molecule has 1 aromatic carbocycles. The Kier molecular flexibility index (Phi) is 4.94. The van der Waals surface area contributed by atoms with E-state index in [1.54, 1.807) is 19.2 Å². The second-order valence-electron chi connectivity index (χ2n) is 5.74. The van der Waals surface area contributed by atoms with Crippen LogP contribution in [0.4, 0.5) is 17.6 Å². The van der Waals surface area contributed by atoms with Crippen LogP contribution in [0.25, 0.3) is 11.2 Å². The monoisotopic (exact) mass is 395 g/mol. The van der Waals surface area contributed by atoms with E-state index in [9.17, 15) is 22.4 Å². The van der Waals surface area contributed by atoms with Crippen molar-refractivity contribution in [1.29, 1.82) is 5.41 Å². The van der Waals surface area contributed by atoms with Crippen molar-refractivity contribution < 1.29 is 22.4 Å². The van der Waals surface area contributed by atoms with Gasteiger partial charge in [0.05, 0.1) is 12.0 Å². The highest BCUT2D eigenvalue weighted by molar-refractivity contribution is 5.96. The van der Waals surface area contributed by atoms with E-state index >= 15 is 0 Å². The molecule has 2 heterocycles. The number of hydrazine groups is 1. The van der Waals surface area contributed by atoms with Crippen LogP contribution in [-0.2, 0) is 18.3 Å². The molecule has 0 saturated carbocycles. The normalized spacial score (nSPS) is 11.5. The third-order valence-electron chi connectivity index (χ3n) is 3.73. The van der Waals surface area contributed by atoms with E-state index in [1.165, 1.54) is 28.5 Å². The minimum Gasteiger partial charge on any atom is -0.318 e. The first-order chi connectivity index (χ1) is 13.2. The number of hydrogen-bond donors (Lipinski definition) is 3. The number of nitrogens with one attached hydrogen (secondary N) is 3. The highest BCUT2D eigenvalue weighted by Gasteiger charge is 2.38. The summed E-state index contributed by atoms with van der Waals surface area (Å²) < 4.78 is 52.3. The van der Waals surface area contributed by atoms with Crippen molar-refractivity contribution in [1.82, 2.24) is 30.4 Å². The van der Waals surface area contributed by atoms with E-state index in [0.717, 1.165) is 0 Å². The number of fused-ring (bicyclic) bond motifs is 1. The lowest BCUT2D eigenvalue weighted by atomic mass is 10.1. The number of aromatic nitrogens is 4. The Morgan fingerprint density at radius 2 is 1.93 bits per heavy atom. The van der Waals surface area contributed by atoms with Crippen LogP contribution in [0.3, 0.4) is 0 Å². The third kappa shape index (κ3) is 3.89. The molecule has 0 fully saturated rings. The van der Waals surface area contributed by atoms with Crippen LogP contribution in [0, 0.1) is 11.2 Å². The fourth-order valence-electron chi connectivity index (χ4n) is 2.37. The van der Waals surface area contributed by atoms with E-state index in [1.807, 2.05) is 5.43 Å². The molecule has 0 aliphatic carbocycles. The predicted molar refractivity (Wildman–Crippen MR) is 89.7 cm³/mol. The lowest BCUT2D eigenvalue weighted by molar-refractivity contribution is -0.174. The Bertz CT molecular complexity index is 1060. The zero-order valence-electron chi connectivity index (χ0n) is 14.3. The Morgan fingerprint density at radius 3 is 2.61 bits per heavy atom. The average molecular weight is 395 g/mol. The van der Waals surface area contributed by atoms with Gasteiger partial charge < -0.3 is 4.57 Å². The maximum Gasteiger partial charge on any atom is 0.472 e. The summed E-state index contributed by atoms with van der Waals surface area (Å²) >= 11 is 0. The van der Waals surface area contributed by atoms with E-state index < -0.39 is 23.7 Å². The molecule has 0 spiro atoms. The van der Waals surface area contributed by atoms with Crippen LogP contribution in [0.15, 0.2) is 30.6 Å². The molecule has 0 aliphatic heterocycles. The number of imidazole rings is 1. The molecule has 0 atom stereocenters. The number of carbonyl (C=O) groups excluding carboxylic acids is 1. The van der Waals surface area contributed by atoms with Crippen molar-refractivity contribution in [3.63, 3.8) is 0 Å². The van der Waals surface area contributed by atoms with Crippen molar-refractivity contribution in [2.45, 2.75) is 12.6 Å². The highest BCUT2D eigenvalue weighted by Crippen LogP contribution is 2.19. The average Bonchev–Trinajstić information content (AvgIpc) is 3.01. The van der Waals surface area contributed by atoms with E-state index in [-0.39, 0.29) is 17.9 Å². The summed E-state index contributed by atoms with van der Waals surface area (Å²) in [5.41, 5.74) is 4.43. The zero-order valence-corrected chi connectivity index (χ0v) is 14.3. The van der Waals surface area contributed by atoms with Crippen LogP contribution in [0.5, 0.6) is 0 Å².